The summed E-state index contributed by atoms with van der Waals surface area (Å²) in [7, 11) is 1.72. The molecule has 130 valence electrons. The van der Waals surface area contributed by atoms with Gasteiger partial charge in [0, 0.05) is 38.8 Å². The van der Waals surface area contributed by atoms with E-state index in [4.69, 9.17) is 4.74 Å². The molecule has 0 aromatic heterocycles. The third kappa shape index (κ3) is 7.45. The molecule has 0 spiro atoms. The number of aliphatic imine (C=N–C) groups is 1. The van der Waals surface area contributed by atoms with Crippen LogP contribution in [0.2, 0.25) is 0 Å². The second kappa shape index (κ2) is 11.6. The quantitative estimate of drug-likeness (QED) is 0.309. The summed E-state index contributed by atoms with van der Waals surface area (Å²) in [5, 5.41) is 6.39. The van der Waals surface area contributed by atoms with E-state index in [1.165, 1.54) is 6.07 Å². The van der Waals surface area contributed by atoms with Crippen molar-refractivity contribution in [2.75, 3.05) is 46.4 Å². The van der Waals surface area contributed by atoms with Gasteiger partial charge >= 0.3 is 0 Å². The Kier molecular flexibility index (Phi) is 10.1. The Morgan fingerprint density at radius 1 is 1.26 bits per heavy atom. The summed E-state index contributed by atoms with van der Waals surface area (Å²) in [4.78, 5) is 6.56. The Morgan fingerprint density at radius 3 is 2.70 bits per heavy atom. The van der Waals surface area contributed by atoms with E-state index in [9.17, 15) is 4.39 Å². The van der Waals surface area contributed by atoms with Crippen molar-refractivity contribution in [3.63, 3.8) is 0 Å². The van der Waals surface area contributed by atoms with Crippen LogP contribution in [0.3, 0.4) is 0 Å². The van der Waals surface area contributed by atoms with Crippen LogP contribution in [-0.2, 0) is 11.3 Å². The largest absolute Gasteiger partial charge is 0.379 e. The molecule has 1 aliphatic heterocycles. The van der Waals surface area contributed by atoms with Crippen LogP contribution in [0.4, 0.5) is 4.39 Å². The van der Waals surface area contributed by atoms with E-state index in [1.807, 2.05) is 6.07 Å². The average Bonchev–Trinajstić information content (AvgIpc) is 2.56. The van der Waals surface area contributed by atoms with E-state index in [0.29, 0.717) is 18.1 Å². The monoisotopic (exact) mass is 436 g/mol. The fourth-order valence-corrected chi connectivity index (χ4v) is 2.38. The number of rotatable bonds is 6. The minimum atomic E-state index is -0.197. The van der Waals surface area contributed by atoms with Crippen LogP contribution in [0.5, 0.6) is 0 Å². The topological polar surface area (TPSA) is 48.9 Å². The Labute approximate surface area is 154 Å². The van der Waals surface area contributed by atoms with Gasteiger partial charge in [0.25, 0.3) is 0 Å². The number of benzene rings is 1. The first-order valence-electron chi connectivity index (χ1n) is 7.77. The van der Waals surface area contributed by atoms with Crippen LogP contribution in [0.1, 0.15) is 12.0 Å². The molecule has 0 radical (unpaired) electrons. The first-order valence-corrected chi connectivity index (χ1v) is 7.77. The molecular formula is C16H26FIN4O. The van der Waals surface area contributed by atoms with Crippen LogP contribution in [-0.4, -0.2) is 57.3 Å². The molecule has 1 saturated heterocycles. The molecule has 0 aliphatic carbocycles. The SMILES string of the molecule is CN=C(NCCCN1CCOCC1)NCc1ccccc1F.I. The predicted molar refractivity (Wildman–Crippen MR) is 102 cm³/mol. The zero-order valence-electron chi connectivity index (χ0n) is 13.6. The van der Waals surface area contributed by atoms with Crippen LogP contribution in [0.25, 0.3) is 0 Å². The lowest BCUT2D eigenvalue weighted by Crippen LogP contribution is -2.40. The third-order valence-corrected chi connectivity index (χ3v) is 3.67. The van der Waals surface area contributed by atoms with Crippen molar-refractivity contribution in [2.45, 2.75) is 13.0 Å². The molecule has 0 unspecified atom stereocenters. The Balaban J connectivity index is 0.00000264. The predicted octanol–water partition coefficient (Wildman–Crippen LogP) is 1.83. The van der Waals surface area contributed by atoms with E-state index in [1.54, 1.807) is 19.2 Å². The summed E-state index contributed by atoms with van der Waals surface area (Å²) >= 11 is 0. The molecule has 5 nitrogen and oxygen atoms in total. The Morgan fingerprint density at radius 2 is 2.00 bits per heavy atom. The van der Waals surface area contributed by atoms with E-state index in [0.717, 1.165) is 45.8 Å². The van der Waals surface area contributed by atoms with Gasteiger partial charge in [-0.3, -0.25) is 9.89 Å². The van der Waals surface area contributed by atoms with Crippen LogP contribution in [0.15, 0.2) is 29.3 Å². The summed E-state index contributed by atoms with van der Waals surface area (Å²) in [6, 6.07) is 6.76. The molecule has 0 saturated carbocycles. The third-order valence-electron chi connectivity index (χ3n) is 3.67. The second-order valence-electron chi connectivity index (χ2n) is 5.25. The van der Waals surface area contributed by atoms with Gasteiger partial charge in [0.05, 0.1) is 13.2 Å². The van der Waals surface area contributed by atoms with Gasteiger partial charge in [-0.05, 0) is 19.0 Å². The highest BCUT2D eigenvalue weighted by molar-refractivity contribution is 14.0. The van der Waals surface area contributed by atoms with Crippen LogP contribution >= 0.6 is 24.0 Å². The minimum absolute atomic E-state index is 0. The molecule has 0 bridgehead atoms. The molecule has 1 aromatic rings. The lowest BCUT2D eigenvalue weighted by molar-refractivity contribution is 0.0376. The van der Waals surface area contributed by atoms with Gasteiger partial charge in [0.2, 0.25) is 0 Å². The normalized spacial score (nSPS) is 15.8. The molecule has 7 heteroatoms. The lowest BCUT2D eigenvalue weighted by Gasteiger charge is -2.26. The lowest BCUT2D eigenvalue weighted by atomic mass is 10.2. The number of guanidine groups is 1. The van der Waals surface area contributed by atoms with Gasteiger partial charge in [-0.1, -0.05) is 18.2 Å². The smallest absolute Gasteiger partial charge is 0.191 e. The first-order chi connectivity index (χ1) is 10.8. The highest BCUT2D eigenvalue weighted by atomic mass is 127. The molecule has 0 amide bonds. The summed E-state index contributed by atoms with van der Waals surface area (Å²) in [5.41, 5.74) is 0.638. The van der Waals surface area contributed by atoms with Crippen molar-refractivity contribution >= 4 is 29.9 Å². The minimum Gasteiger partial charge on any atom is -0.379 e. The van der Waals surface area contributed by atoms with Crippen molar-refractivity contribution in [3.8, 4) is 0 Å². The Bertz CT molecular complexity index is 481. The number of nitrogens with zero attached hydrogens (tertiary/aromatic N) is 2. The zero-order valence-corrected chi connectivity index (χ0v) is 15.9. The van der Waals surface area contributed by atoms with E-state index < -0.39 is 0 Å². The summed E-state index contributed by atoms with van der Waals surface area (Å²) in [6.07, 6.45) is 1.04. The van der Waals surface area contributed by atoms with E-state index in [-0.39, 0.29) is 29.8 Å². The fraction of sp³-hybridized carbons (Fsp3) is 0.562. The zero-order chi connectivity index (χ0) is 15.6. The molecule has 0 atom stereocenters. The number of ether oxygens (including phenoxy) is 1. The van der Waals surface area contributed by atoms with Crippen molar-refractivity contribution < 1.29 is 9.13 Å². The van der Waals surface area contributed by atoms with Gasteiger partial charge in [-0.15, -0.1) is 24.0 Å². The van der Waals surface area contributed by atoms with Crippen molar-refractivity contribution in [3.05, 3.63) is 35.6 Å². The standard InChI is InChI=1S/C16H25FN4O.HI/c1-18-16(20-13-14-5-2-3-6-15(14)17)19-7-4-8-21-9-11-22-12-10-21;/h2-3,5-6H,4,7-13H2,1H3,(H2,18,19,20);1H. The van der Waals surface area contributed by atoms with Gasteiger partial charge in [0.1, 0.15) is 5.82 Å². The van der Waals surface area contributed by atoms with E-state index >= 15 is 0 Å². The number of halogens is 2. The van der Waals surface area contributed by atoms with Crippen molar-refractivity contribution in [1.82, 2.24) is 15.5 Å². The van der Waals surface area contributed by atoms with Crippen LogP contribution < -0.4 is 10.6 Å². The Hall–Kier alpha value is -0.930. The highest BCUT2D eigenvalue weighted by Crippen LogP contribution is 2.05. The molecule has 2 N–H and O–H groups in total. The molecule has 1 heterocycles. The molecule has 23 heavy (non-hydrogen) atoms. The highest BCUT2D eigenvalue weighted by Gasteiger charge is 2.09. The fourth-order valence-electron chi connectivity index (χ4n) is 2.38. The molecule has 1 aromatic carbocycles. The first kappa shape index (κ1) is 20.1. The van der Waals surface area contributed by atoms with Crippen molar-refractivity contribution in [2.24, 2.45) is 4.99 Å². The summed E-state index contributed by atoms with van der Waals surface area (Å²) < 4.78 is 18.9. The van der Waals surface area contributed by atoms with Gasteiger partial charge in [-0.2, -0.15) is 0 Å². The molecule has 1 fully saturated rings. The van der Waals surface area contributed by atoms with Crippen molar-refractivity contribution in [1.29, 1.82) is 0 Å². The number of nitrogens with one attached hydrogen (secondary N) is 2. The average molecular weight is 436 g/mol. The number of hydrogen-bond acceptors (Lipinski definition) is 3. The second-order valence-corrected chi connectivity index (χ2v) is 5.25. The molecular weight excluding hydrogens is 410 g/mol. The van der Waals surface area contributed by atoms with Crippen LogP contribution in [0, 0.1) is 5.82 Å². The number of morpholine rings is 1. The molecule has 2 rings (SSSR count). The summed E-state index contributed by atoms with van der Waals surface area (Å²) in [5.74, 6) is 0.503. The van der Waals surface area contributed by atoms with Gasteiger partial charge < -0.3 is 15.4 Å². The molecule has 1 aliphatic rings. The van der Waals surface area contributed by atoms with Gasteiger partial charge in [-0.25, -0.2) is 4.39 Å². The maximum Gasteiger partial charge on any atom is 0.191 e. The van der Waals surface area contributed by atoms with Gasteiger partial charge in [0.15, 0.2) is 5.96 Å². The maximum absolute atomic E-state index is 13.5. The van der Waals surface area contributed by atoms with E-state index in [2.05, 4.69) is 20.5 Å². The summed E-state index contributed by atoms with van der Waals surface area (Å²) in [6.45, 7) is 6.02. The number of hydrogen-bond donors (Lipinski definition) is 2. The maximum atomic E-state index is 13.5.